The molecule has 0 atom stereocenters. The van der Waals surface area contributed by atoms with Gasteiger partial charge >= 0.3 is 7.12 Å². The fourth-order valence-corrected chi connectivity index (χ4v) is 15.9. The molecular weight excluding hydrogens is 1700 g/mol. The zero-order valence-electron chi connectivity index (χ0n) is 73.5. The zero-order chi connectivity index (χ0) is 86.3. The predicted molar refractivity (Wildman–Crippen MR) is 511 cm³/mol. The van der Waals surface area contributed by atoms with E-state index >= 15 is 0 Å². The van der Waals surface area contributed by atoms with Gasteiger partial charge in [0.05, 0.1) is 55.8 Å². The van der Waals surface area contributed by atoms with Crippen LogP contribution in [0, 0.1) is 6.07 Å². The number of benzene rings is 12. The van der Waals surface area contributed by atoms with E-state index in [1.54, 1.807) is 0 Å². The van der Waals surface area contributed by atoms with Crippen LogP contribution in [0.5, 0.6) is 11.5 Å². The summed E-state index contributed by atoms with van der Waals surface area (Å²) in [5, 5.41) is 23.9. The van der Waals surface area contributed by atoms with Crippen molar-refractivity contribution in [3.63, 3.8) is 0 Å². The molecule has 124 heavy (non-hydrogen) atoms. The zero-order valence-corrected chi connectivity index (χ0v) is 75.8. The van der Waals surface area contributed by atoms with Gasteiger partial charge in [-0.05, 0) is 195 Å². The number of hydrogen-bond donors (Lipinski definition) is 2. The van der Waals surface area contributed by atoms with Crippen molar-refractivity contribution < 1.29 is 42.0 Å². The molecule has 0 bridgehead atoms. The molecule has 13 heteroatoms. The van der Waals surface area contributed by atoms with Gasteiger partial charge in [0.1, 0.15) is 23.1 Å². The summed E-state index contributed by atoms with van der Waals surface area (Å²) in [5.74, 6) is 1.95. The van der Waals surface area contributed by atoms with Crippen LogP contribution >= 0.6 is 0 Å². The van der Waals surface area contributed by atoms with Crippen LogP contribution in [0.4, 0.5) is 0 Å². The van der Waals surface area contributed by atoms with Crippen molar-refractivity contribution in [2.75, 3.05) is 0 Å². The number of pyridine rings is 3. The minimum Gasteiger partial charge on any atom is -0.507 e. The second-order valence-electron chi connectivity index (χ2n) is 37.1. The van der Waals surface area contributed by atoms with Crippen molar-refractivity contribution in [2.24, 2.45) is 0 Å². The fourth-order valence-electron chi connectivity index (χ4n) is 15.9. The Morgan fingerprint density at radius 2 is 0.677 bits per heavy atom. The molecule has 1 saturated heterocycles. The molecule has 0 saturated carbocycles. The van der Waals surface area contributed by atoms with Crippen molar-refractivity contribution in [2.45, 2.75) is 144 Å². The summed E-state index contributed by atoms with van der Waals surface area (Å²) in [6, 6.07) is 112. The molecule has 624 valence electrons. The van der Waals surface area contributed by atoms with Crippen LogP contribution in [0.2, 0.25) is 0 Å². The van der Waals surface area contributed by atoms with E-state index in [2.05, 4.69) is 355 Å². The van der Waals surface area contributed by atoms with Crippen molar-refractivity contribution >= 4 is 34.6 Å². The number of imidazole rings is 2. The molecular formula is C111H107BN7O4Pt-. The Balaban J connectivity index is 0.000000157. The summed E-state index contributed by atoms with van der Waals surface area (Å²) in [6.45, 7) is 34.4. The minimum atomic E-state index is -0.368. The monoisotopic (exact) mass is 1810 g/mol. The van der Waals surface area contributed by atoms with Crippen LogP contribution in [0.15, 0.2) is 334 Å². The minimum absolute atomic E-state index is 0. The topological polar surface area (TPSA) is 133 Å². The standard InChI is InChI=1S/C44H41N3O.C44H40N3O.C23H24BNO2.Pt.H2/c2*1-43(2,3)33-27-36(41(48)37(28-33)44(4,5)6)42-46-40-35(21-14-22-39(40)47(42)34-19-11-8-12-20-34)31-17-13-18-32(25-31)38-26-30(23-24-45-38)29-15-9-7-10-16-29;1-22(2)23(3,4)27-24(26-22)20-12-8-11-19(15-20)21-16-18(13-14-25-21)17-9-6-5-7-10-17;;/h7-28,48H,1-6H3;7-24,26-28,48H,1-6H3;5-16H,1-4H3;;1H/q;-1;;;/i;;;;1+1. The van der Waals surface area contributed by atoms with Crippen molar-refractivity contribution in [1.29, 1.82) is 0 Å². The molecule has 1 aliphatic rings. The smallest absolute Gasteiger partial charge is 0.494 e. The fraction of sp³-hybridized carbons (Fsp3) is 0.198. The van der Waals surface area contributed by atoms with Gasteiger partial charge < -0.3 is 19.5 Å². The van der Waals surface area contributed by atoms with Gasteiger partial charge in [0.15, 0.2) is 0 Å². The Morgan fingerprint density at radius 1 is 0.323 bits per heavy atom. The first-order valence-corrected chi connectivity index (χ1v) is 42.4. The molecule has 17 aromatic rings. The van der Waals surface area contributed by atoms with Gasteiger partial charge in [0.2, 0.25) is 0 Å². The molecule has 1 aliphatic heterocycles. The van der Waals surface area contributed by atoms with Gasteiger partial charge in [-0.25, -0.2) is 9.97 Å². The number of phenols is 2. The van der Waals surface area contributed by atoms with E-state index in [1.165, 1.54) is 5.56 Å². The van der Waals surface area contributed by atoms with E-state index in [9.17, 15) is 10.2 Å². The molecule has 2 N–H and O–H groups in total. The van der Waals surface area contributed by atoms with Crippen LogP contribution in [0.1, 0.15) is 134 Å². The molecule has 1 fully saturated rings. The maximum absolute atomic E-state index is 12.0. The predicted octanol–water partition coefficient (Wildman–Crippen LogP) is 27.5. The number of phenolic OH excluding ortho intramolecular Hbond substituents is 2. The second-order valence-corrected chi connectivity index (χ2v) is 37.1. The number of nitrogens with zero attached hydrogens (tertiary/aromatic N) is 7. The van der Waals surface area contributed by atoms with Gasteiger partial charge in [-0.1, -0.05) is 307 Å². The van der Waals surface area contributed by atoms with E-state index in [1.807, 2.05) is 110 Å². The Bertz CT molecular complexity index is 6360. The Labute approximate surface area is 746 Å². The maximum atomic E-state index is 12.0. The number of hydrogen-bond acceptors (Lipinski definition) is 9. The molecule has 0 radical (unpaired) electrons. The Morgan fingerprint density at radius 3 is 1.11 bits per heavy atom. The first kappa shape index (κ1) is 86.3. The first-order valence-electron chi connectivity index (χ1n) is 42.4. The normalized spacial score (nSPS) is 13.2. The van der Waals surface area contributed by atoms with E-state index in [-0.39, 0.29) is 74.0 Å². The van der Waals surface area contributed by atoms with Gasteiger partial charge in [0.25, 0.3) is 0 Å². The van der Waals surface area contributed by atoms with Gasteiger partial charge in [-0.15, -0.1) is 29.8 Å². The van der Waals surface area contributed by atoms with E-state index < -0.39 is 0 Å². The number of aromatic hydroxyl groups is 2. The van der Waals surface area contributed by atoms with Crippen LogP contribution in [-0.4, -0.2) is 62.6 Å². The van der Waals surface area contributed by atoms with Crippen LogP contribution in [0.3, 0.4) is 0 Å². The SMILES string of the molecule is CC(C)(C)c1cc(-c2nc3c(-c4[c-]c(-c5cc(-c6ccccc6)ccn5)ccc4)cccc3n2-c2ccccc2)c(O)c(C(C)(C)C)c1.CC(C)(C)c1cc(-c2nc3c(-c4cccc(-c5cc(-c6ccccc6)ccn5)c4)cccc3n2-c2ccccc2)c(O)c(C(C)(C)C)c1.CC1(C)OB(c2cccc(-c3cc(-c4ccccc4)ccn3)c2)OC1(C)C.[2HH].[Pt]. The molecule has 0 unspecified atom stereocenters. The molecule has 6 heterocycles. The number of rotatable bonds is 13. The van der Waals surface area contributed by atoms with E-state index in [0.717, 1.165) is 156 Å². The molecule has 5 aromatic heterocycles. The van der Waals surface area contributed by atoms with Crippen LogP contribution in [-0.2, 0) is 52.0 Å². The number of aromatic nitrogens is 7. The van der Waals surface area contributed by atoms with Gasteiger partial charge in [-0.3, -0.25) is 24.1 Å². The Hall–Kier alpha value is -12.7. The van der Waals surface area contributed by atoms with Crippen LogP contribution < -0.4 is 5.46 Å². The van der Waals surface area contributed by atoms with Crippen LogP contribution in [0.25, 0.3) is 146 Å². The van der Waals surface area contributed by atoms with Crippen molar-refractivity contribution in [3.8, 4) is 135 Å². The number of fused-ring (bicyclic) bond motifs is 2. The largest absolute Gasteiger partial charge is 0.507 e. The molecule has 0 aliphatic carbocycles. The third-order valence-corrected chi connectivity index (χ3v) is 23.6. The first-order chi connectivity index (χ1) is 58.8. The van der Waals surface area contributed by atoms with E-state index in [0.29, 0.717) is 11.6 Å². The summed E-state index contributed by atoms with van der Waals surface area (Å²) in [4.78, 5) is 24.8. The van der Waals surface area contributed by atoms with E-state index in [4.69, 9.17) is 29.2 Å². The van der Waals surface area contributed by atoms with Gasteiger partial charge in [0, 0.05) is 80.4 Å². The third-order valence-electron chi connectivity index (χ3n) is 23.6. The summed E-state index contributed by atoms with van der Waals surface area (Å²) in [5.41, 5.74) is 27.3. The average Bonchev–Trinajstić information content (AvgIpc) is 1.61. The summed E-state index contributed by atoms with van der Waals surface area (Å²) in [6.07, 6.45) is 5.60. The third kappa shape index (κ3) is 18.1. The summed E-state index contributed by atoms with van der Waals surface area (Å²) >= 11 is 0. The number of para-hydroxylation sites is 4. The summed E-state index contributed by atoms with van der Waals surface area (Å²) in [7, 11) is -0.368. The molecule has 12 aromatic carbocycles. The van der Waals surface area contributed by atoms with Gasteiger partial charge in [-0.2, -0.15) is 0 Å². The quantitative estimate of drug-likeness (QED) is 0.0855. The second kappa shape index (κ2) is 34.9. The Kier molecular flexibility index (Phi) is 24.3. The molecule has 0 amide bonds. The average molecular weight is 1810 g/mol. The molecule has 18 rings (SSSR count). The van der Waals surface area contributed by atoms with Crippen molar-refractivity contribution in [1.82, 2.24) is 34.1 Å². The maximum Gasteiger partial charge on any atom is 0.494 e. The van der Waals surface area contributed by atoms with Crippen molar-refractivity contribution in [3.05, 3.63) is 362 Å². The molecule has 0 spiro atoms. The summed E-state index contributed by atoms with van der Waals surface area (Å²) < 4.78 is 16.7. The molecule has 11 nitrogen and oxygen atoms in total.